The van der Waals surface area contributed by atoms with Crippen molar-refractivity contribution in [2.45, 2.75) is 26.3 Å². The summed E-state index contributed by atoms with van der Waals surface area (Å²) < 4.78 is 22.9. The predicted molar refractivity (Wildman–Crippen MR) is 391 cm³/mol. The fourth-order valence-corrected chi connectivity index (χ4v) is 12.9. The molecule has 13 aromatic rings. The zero-order chi connectivity index (χ0) is 63.7. The maximum Gasteiger partial charge on any atom is 0.119 e. The van der Waals surface area contributed by atoms with Gasteiger partial charge in [0.05, 0.1) is 39.2 Å². The van der Waals surface area contributed by atoms with Gasteiger partial charge in [-0.1, -0.05) is 146 Å². The summed E-state index contributed by atoms with van der Waals surface area (Å²) in [5.74, 6) is 3.33. The monoisotopic (exact) mass is 1220 g/mol. The SMILES string of the molecule is CCOc1ccc(N(c2ccc(-c3ccc(N(c4ccc(OC)cc4)c4ccc(-c5ccc(N(c6ccc(OC)cc6)c6ccc(-c7ccc(N(c8ccc(OCC)cc8)C8CC=Cc9ccccc98)cc7)cc6)cc5)cc4)cc3)cc2)c2cccc3ccccc23)cc1. The third kappa shape index (κ3) is 12.6. The lowest BCUT2D eigenvalue weighted by Crippen LogP contribution is -2.25. The van der Waals surface area contributed by atoms with Gasteiger partial charge in [-0.05, 0) is 246 Å². The molecule has 0 amide bonds. The van der Waals surface area contributed by atoms with Crippen LogP contribution in [0.2, 0.25) is 0 Å². The summed E-state index contributed by atoms with van der Waals surface area (Å²) in [4.78, 5) is 9.37. The van der Waals surface area contributed by atoms with Crippen LogP contribution in [-0.2, 0) is 0 Å². The Bertz CT molecular complexity index is 4690. The van der Waals surface area contributed by atoms with Crippen LogP contribution in [0.3, 0.4) is 0 Å². The summed E-state index contributed by atoms with van der Waals surface area (Å²) in [5, 5.41) is 2.37. The molecule has 0 heterocycles. The topological polar surface area (TPSA) is 49.9 Å². The zero-order valence-corrected chi connectivity index (χ0v) is 53.2. The van der Waals surface area contributed by atoms with E-state index in [0.717, 1.165) is 125 Å². The van der Waals surface area contributed by atoms with Crippen LogP contribution >= 0.6 is 0 Å². The number of ether oxygens (including phenoxy) is 4. The molecule has 0 spiro atoms. The normalized spacial score (nSPS) is 12.4. The Balaban J connectivity index is 0.715. The van der Waals surface area contributed by atoms with Gasteiger partial charge in [0.25, 0.3) is 0 Å². The number of anilines is 11. The average Bonchev–Trinajstić information content (AvgIpc) is 1.14. The Hall–Kier alpha value is -11.7. The molecule has 94 heavy (non-hydrogen) atoms. The Kier molecular flexibility index (Phi) is 17.4. The van der Waals surface area contributed by atoms with Crippen LogP contribution in [-0.4, -0.2) is 27.4 Å². The summed E-state index contributed by atoms with van der Waals surface area (Å²) in [6, 6.07) is 110. The molecule has 0 saturated heterocycles. The van der Waals surface area contributed by atoms with Crippen LogP contribution in [0.25, 0.3) is 50.2 Å². The summed E-state index contributed by atoms with van der Waals surface area (Å²) in [6.07, 6.45) is 5.43. The summed E-state index contributed by atoms with van der Waals surface area (Å²) >= 11 is 0. The molecule has 1 aliphatic rings. The maximum atomic E-state index is 5.85. The van der Waals surface area contributed by atoms with Gasteiger partial charge < -0.3 is 38.5 Å². The van der Waals surface area contributed by atoms with E-state index in [1.807, 2.05) is 50.2 Å². The van der Waals surface area contributed by atoms with Gasteiger partial charge in [0.2, 0.25) is 0 Å². The summed E-state index contributed by atoms with van der Waals surface area (Å²) in [7, 11) is 3.41. The molecule has 8 nitrogen and oxygen atoms in total. The van der Waals surface area contributed by atoms with E-state index in [1.54, 1.807) is 14.2 Å². The molecule has 0 saturated carbocycles. The molecule has 0 fully saturated rings. The number of nitrogens with zero attached hydrogens (tertiary/aromatic N) is 4. The van der Waals surface area contributed by atoms with Crippen LogP contribution in [0.1, 0.15) is 37.4 Å². The van der Waals surface area contributed by atoms with E-state index < -0.39 is 0 Å². The first-order chi connectivity index (χ1) is 46.4. The van der Waals surface area contributed by atoms with Crippen molar-refractivity contribution >= 4 is 79.4 Å². The second-order valence-electron chi connectivity index (χ2n) is 23.2. The second kappa shape index (κ2) is 27.4. The van der Waals surface area contributed by atoms with E-state index in [0.29, 0.717) is 13.2 Å². The minimum absolute atomic E-state index is 0.136. The van der Waals surface area contributed by atoms with Gasteiger partial charge in [-0.2, -0.15) is 0 Å². The highest BCUT2D eigenvalue weighted by Gasteiger charge is 2.26. The van der Waals surface area contributed by atoms with Gasteiger partial charge in [0.15, 0.2) is 0 Å². The molecule has 1 atom stereocenters. The number of methoxy groups -OCH3 is 2. The van der Waals surface area contributed by atoms with E-state index in [1.165, 1.54) is 21.9 Å². The van der Waals surface area contributed by atoms with Gasteiger partial charge >= 0.3 is 0 Å². The molecule has 13 aromatic carbocycles. The third-order valence-electron chi connectivity index (χ3n) is 17.6. The summed E-state index contributed by atoms with van der Waals surface area (Å²) in [5.41, 5.74) is 21.0. The molecular formula is C86H72N4O4. The Morgan fingerprint density at radius 2 is 0.628 bits per heavy atom. The lowest BCUT2D eigenvalue weighted by atomic mass is 9.90. The zero-order valence-electron chi connectivity index (χ0n) is 53.2. The molecule has 14 rings (SSSR count). The first-order valence-electron chi connectivity index (χ1n) is 32.2. The van der Waals surface area contributed by atoms with Crippen LogP contribution in [0.5, 0.6) is 23.0 Å². The van der Waals surface area contributed by atoms with E-state index in [2.05, 4.69) is 305 Å². The Labute approximate surface area is 551 Å². The number of hydrogen-bond acceptors (Lipinski definition) is 8. The van der Waals surface area contributed by atoms with Crippen molar-refractivity contribution in [1.82, 2.24) is 0 Å². The van der Waals surface area contributed by atoms with E-state index in [4.69, 9.17) is 18.9 Å². The number of rotatable bonds is 21. The van der Waals surface area contributed by atoms with Crippen LogP contribution < -0.4 is 38.5 Å². The Morgan fingerprint density at radius 1 is 0.309 bits per heavy atom. The molecule has 0 aromatic heterocycles. The molecule has 0 bridgehead atoms. The molecule has 0 N–H and O–H groups in total. The van der Waals surface area contributed by atoms with E-state index >= 15 is 0 Å². The smallest absolute Gasteiger partial charge is 0.119 e. The number of benzene rings is 13. The van der Waals surface area contributed by atoms with Crippen molar-refractivity contribution in [3.8, 4) is 56.4 Å². The van der Waals surface area contributed by atoms with Crippen molar-refractivity contribution in [2.75, 3.05) is 47.0 Å². The quantitative estimate of drug-likeness (QED) is 0.0705. The van der Waals surface area contributed by atoms with Crippen LogP contribution in [0.15, 0.2) is 315 Å². The first-order valence-corrected chi connectivity index (χ1v) is 32.2. The third-order valence-corrected chi connectivity index (χ3v) is 17.6. The second-order valence-corrected chi connectivity index (χ2v) is 23.2. The van der Waals surface area contributed by atoms with Gasteiger partial charge in [-0.15, -0.1) is 0 Å². The lowest BCUT2D eigenvalue weighted by Gasteiger charge is -2.36. The van der Waals surface area contributed by atoms with Gasteiger partial charge in [0, 0.05) is 62.3 Å². The number of hydrogen-bond donors (Lipinski definition) is 0. The lowest BCUT2D eigenvalue weighted by molar-refractivity contribution is 0.340. The van der Waals surface area contributed by atoms with Crippen molar-refractivity contribution in [1.29, 1.82) is 0 Å². The van der Waals surface area contributed by atoms with E-state index in [9.17, 15) is 0 Å². The summed E-state index contributed by atoms with van der Waals surface area (Å²) in [6.45, 7) is 5.27. The molecular weight excluding hydrogens is 1150 g/mol. The fraction of sp³-hybridized carbons (Fsp3) is 0.0930. The van der Waals surface area contributed by atoms with Crippen LogP contribution in [0, 0.1) is 0 Å². The molecule has 460 valence electrons. The standard InChI is InChI=1S/C86H72N4O4/c1-5-93-81-57-49-77(50-58-81)89(85-19-11-15-67-13-7-9-17-83(67)85)75-41-29-65(30-42-75)63-25-37-71(38-26-63)87(73-45-53-79(91-3)54-46-73)69-33-21-61(22-34-69)62-23-35-70(36-24-62)88(74-47-55-80(92-4)56-48-74)72-39-27-64(28-40-72)66-31-43-76(44-32-66)90(78-51-59-82(60-52-78)94-6-2)86-20-12-16-68-14-8-10-18-84(68)86/h7-19,21-60,86H,5-6,20H2,1-4H3. The highest BCUT2D eigenvalue weighted by Crippen LogP contribution is 2.45. The first kappa shape index (κ1) is 59.9. The minimum Gasteiger partial charge on any atom is -0.497 e. The maximum absolute atomic E-state index is 5.85. The molecule has 0 radical (unpaired) electrons. The predicted octanol–water partition coefficient (Wildman–Crippen LogP) is 23.4. The van der Waals surface area contributed by atoms with Crippen molar-refractivity contribution < 1.29 is 18.9 Å². The number of fused-ring (bicyclic) bond motifs is 2. The van der Waals surface area contributed by atoms with Crippen molar-refractivity contribution in [3.63, 3.8) is 0 Å². The Morgan fingerprint density at radius 3 is 1.02 bits per heavy atom. The van der Waals surface area contributed by atoms with Crippen LogP contribution in [0.4, 0.5) is 62.6 Å². The largest absolute Gasteiger partial charge is 0.497 e. The van der Waals surface area contributed by atoms with Gasteiger partial charge in [-0.25, -0.2) is 0 Å². The van der Waals surface area contributed by atoms with Gasteiger partial charge in [0.1, 0.15) is 23.0 Å². The molecule has 0 aliphatic heterocycles. The van der Waals surface area contributed by atoms with Gasteiger partial charge in [-0.3, -0.25) is 0 Å². The highest BCUT2D eigenvalue weighted by atomic mass is 16.5. The molecule has 1 unspecified atom stereocenters. The van der Waals surface area contributed by atoms with Crippen molar-refractivity contribution in [3.05, 3.63) is 327 Å². The molecule has 8 heteroatoms. The minimum atomic E-state index is 0.136. The fourth-order valence-electron chi connectivity index (χ4n) is 12.9. The van der Waals surface area contributed by atoms with E-state index in [-0.39, 0.29) is 6.04 Å². The van der Waals surface area contributed by atoms with Crippen molar-refractivity contribution in [2.24, 2.45) is 0 Å². The highest BCUT2D eigenvalue weighted by molar-refractivity contribution is 5.99. The average molecular weight is 1230 g/mol. The molecule has 1 aliphatic carbocycles.